The average molecular weight is 325 g/mol. The van der Waals surface area contributed by atoms with Crippen molar-refractivity contribution in [3.63, 3.8) is 0 Å². The maximum absolute atomic E-state index is 10.9. The van der Waals surface area contributed by atoms with Gasteiger partial charge in [0.05, 0.1) is 11.1 Å². The number of nitro benzene ring substituents is 1. The van der Waals surface area contributed by atoms with E-state index >= 15 is 0 Å². The van der Waals surface area contributed by atoms with Gasteiger partial charge in [0.1, 0.15) is 5.69 Å². The highest BCUT2D eigenvalue weighted by molar-refractivity contribution is 9.10. The van der Waals surface area contributed by atoms with Crippen LogP contribution < -0.4 is 5.32 Å². The summed E-state index contributed by atoms with van der Waals surface area (Å²) in [4.78, 5) is 10.6. The molecule has 0 unspecified atom stereocenters. The number of rotatable bonds is 4. The minimum absolute atomic E-state index is 0.0599. The summed E-state index contributed by atoms with van der Waals surface area (Å²) < 4.78 is 2.57. The lowest BCUT2D eigenvalue weighted by molar-refractivity contribution is -0.384. The maximum Gasteiger partial charge on any atom is 0.292 e. The number of nitrogens with one attached hydrogen (secondary N) is 1. The number of hydrogen-bond acceptors (Lipinski definition) is 4. The van der Waals surface area contributed by atoms with Gasteiger partial charge in [-0.15, -0.1) is 0 Å². The molecule has 0 bridgehead atoms. The highest BCUT2D eigenvalue weighted by Crippen LogP contribution is 2.28. The fraction of sp³-hybridized carbons (Fsp3) is 0.250. The molecule has 0 spiro atoms. The predicted molar refractivity (Wildman–Crippen MR) is 76.1 cm³/mol. The van der Waals surface area contributed by atoms with Crippen LogP contribution >= 0.6 is 15.9 Å². The van der Waals surface area contributed by atoms with Crippen LogP contribution in [0.3, 0.4) is 0 Å². The molecule has 2 rings (SSSR count). The molecule has 1 aromatic heterocycles. The second kappa shape index (κ2) is 5.40. The van der Waals surface area contributed by atoms with Crippen molar-refractivity contribution >= 4 is 27.3 Å². The zero-order valence-electron chi connectivity index (χ0n) is 10.6. The number of benzene rings is 1. The lowest BCUT2D eigenvalue weighted by Gasteiger charge is -2.07. The molecule has 0 aliphatic carbocycles. The van der Waals surface area contributed by atoms with Gasteiger partial charge in [-0.2, -0.15) is 5.10 Å². The molecule has 0 radical (unpaired) electrons. The normalized spacial score (nSPS) is 10.5. The van der Waals surface area contributed by atoms with Crippen molar-refractivity contribution in [1.82, 2.24) is 9.78 Å². The number of hydrogen-bond donors (Lipinski definition) is 1. The van der Waals surface area contributed by atoms with E-state index in [4.69, 9.17) is 0 Å². The van der Waals surface area contributed by atoms with E-state index in [1.807, 2.05) is 14.0 Å². The van der Waals surface area contributed by atoms with Crippen LogP contribution in [0.1, 0.15) is 11.3 Å². The SMILES string of the molecule is Cc1c(CNc2cc(Br)ccc2[N+](=O)[O-])cnn1C. The first-order valence-corrected chi connectivity index (χ1v) is 6.43. The summed E-state index contributed by atoms with van der Waals surface area (Å²) in [5.41, 5.74) is 2.59. The van der Waals surface area contributed by atoms with Gasteiger partial charge in [0, 0.05) is 35.4 Å². The molecule has 0 aliphatic heterocycles. The molecule has 7 heteroatoms. The van der Waals surface area contributed by atoms with Crippen molar-refractivity contribution in [2.75, 3.05) is 5.32 Å². The molecular formula is C12H13BrN4O2. The summed E-state index contributed by atoms with van der Waals surface area (Å²) in [7, 11) is 1.86. The van der Waals surface area contributed by atoms with Crippen LogP contribution in [0.25, 0.3) is 0 Å². The molecule has 1 N–H and O–H groups in total. The predicted octanol–water partition coefficient (Wildman–Crippen LogP) is 3.01. The van der Waals surface area contributed by atoms with Crippen molar-refractivity contribution in [3.8, 4) is 0 Å². The molecule has 19 heavy (non-hydrogen) atoms. The van der Waals surface area contributed by atoms with Crippen LogP contribution in [0.5, 0.6) is 0 Å². The molecule has 0 atom stereocenters. The smallest absolute Gasteiger partial charge is 0.292 e. The van der Waals surface area contributed by atoms with E-state index in [-0.39, 0.29) is 5.69 Å². The van der Waals surface area contributed by atoms with Gasteiger partial charge in [0.25, 0.3) is 5.69 Å². The molecule has 1 aromatic carbocycles. The van der Waals surface area contributed by atoms with Gasteiger partial charge in [0.15, 0.2) is 0 Å². The lowest BCUT2D eigenvalue weighted by atomic mass is 10.2. The summed E-state index contributed by atoms with van der Waals surface area (Å²) in [6, 6.07) is 4.82. The number of anilines is 1. The highest BCUT2D eigenvalue weighted by atomic mass is 79.9. The number of nitrogens with zero attached hydrogens (tertiary/aromatic N) is 3. The first kappa shape index (κ1) is 13.5. The third-order valence-electron chi connectivity index (χ3n) is 2.96. The van der Waals surface area contributed by atoms with Gasteiger partial charge in [-0.1, -0.05) is 15.9 Å². The monoisotopic (exact) mass is 324 g/mol. The van der Waals surface area contributed by atoms with E-state index in [0.717, 1.165) is 15.7 Å². The van der Waals surface area contributed by atoms with Crippen LogP contribution in [0.4, 0.5) is 11.4 Å². The molecule has 0 saturated carbocycles. The van der Waals surface area contributed by atoms with Crippen molar-refractivity contribution in [2.45, 2.75) is 13.5 Å². The number of halogens is 1. The highest BCUT2D eigenvalue weighted by Gasteiger charge is 2.14. The van der Waals surface area contributed by atoms with E-state index in [1.165, 1.54) is 6.07 Å². The van der Waals surface area contributed by atoms with Crippen LogP contribution in [0.2, 0.25) is 0 Å². The molecular weight excluding hydrogens is 312 g/mol. The van der Waals surface area contributed by atoms with E-state index in [9.17, 15) is 10.1 Å². The Morgan fingerprint density at radius 1 is 1.53 bits per heavy atom. The Balaban J connectivity index is 2.21. The maximum atomic E-state index is 10.9. The zero-order valence-corrected chi connectivity index (χ0v) is 12.1. The number of aryl methyl sites for hydroxylation is 1. The summed E-state index contributed by atoms with van der Waals surface area (Å²) >= 11 is 3.31. The largest absolute Gasteiger partial charge is 0.375 e. The van der Waals surface area contributed by atoms with Crippen LogP contribution in [0.15, 0.2) is 28.9 Å². The molecule has 0 saturated heterocycles. The van der Waals surface area contributed by atoms with E-state index in [0.29, 0.717) is 12.2 Å². The molecule has 6 nitrogen and oxygen atoms in total. The van der Waals surface area contributed by atoms with Gasteiger partial charge in [-0.25, -0.2) is 0 Å². The van der Waals surface area contributed by atoms with E-state index in [2.05, 4.69) is 26.3 Å². The topological polar surface area (TPSA) is 73.0 Å². The standard InChI is InChI=1S/C12H13BrN4O2/c1-8-9(7-15-16(8)2)6-14-11-5-10(13)3-4-12(11)17(18)19/h3-5,7,14H,6H2,1-2H3. The fourth-order valence-corrected chi connectivity index (χ4v) is 2.08. The second-order valence-electron chi connectivity index (χ2n) is 4.15. The Kier molecular flexibility index (Phi) is 3.84. The molecule has 0 fully saturated rings. The quantitative estimate of drug-likeness (QED) is 0.693. The summed E-state index contributed by atoms with van der Waals surface area (Å²) in [6.45, 7) is 2.45. The minimum atomic E-state index is -0.398. The summed E-state index contributed by atoms with van der Waals surface area (Å²) in [5, 5.41) is 18.2. The fourth-order valence-electron chi connectivity index (χ4n) is 1.72. The van der Waals surface area contributed by atoms with E-state index < -0.39 is 4.92 Å². The minimum Gasteiger partial charge on any atom is -0.375 e. The van der Waals surface area contributed by atoms with Gasteiger partial charge >= 0.3 is 0 Å². The Hall–Kier alpha value is -1.89. The average Bonchev–Trinajstić information content (AvgIpc) is 2.67. The Morgan fingerprint density at radius 2 is 2.26 bits per heavy atom. The molecule has 0 amide bonds. The van der Waals surface area contributed by atoms with Gasteiger partial charge in [-0.05, 0) is 19.1 Å². The third-order valence-corrected chi connectivity index (χ3v) is 3.45. The first-order chi connectivity index (χ1) is 8.99. The third kappa shape index (κ3) is 2.93. The first-order valence-electron chi connectivity index (χ1n) is 5.64. The molecule has 1 heterocycles. The van der Waals surface area contributed by atoms with Gasteiger partial charge < -0.3 is 5.32 Å². The lowest BCUT2D eigenvalue weighted by Crippen LogP contribution is -2.04. The Labute approximate surface area is 118 Å². The zero-order chi connectivity index (χ0) is 14.0. The Bertz CT molecular complexity index is 624. The van der Waals surface area contributed by atoms with Crippen LogP contribution in [-0.4, -0.2) is 14.7 Å². The second-order valence-corrected chi connectivity index (χ2v) is 5.07. The van der Waals surface area contributed by atoms with E-state index in [1.54, 1.807) is 23.0 Å². The van der Waals surface area contributed by atoms with Crippen molar-refractivity contribution in [3.05, 3.63) is 50.2 Å². The van der Waals surface area contributed by atoms with Crippen LogP contribution in [0, 0.1) is 17.0 Å². The van der Waals surface area contributed by atoms with Crippen LogP contribution in [-0.2, 0) is 13.6 Å². The summed E-state index contributed by atoms with van der Waals surface area (Å²) in [5.74, 6) is 0. The number of nitro groups is 1. The molecule has 100 valence electrons. The van der Waals surface area contributed by atoms with Gasteiger partial charge in [-0.3, -0.25) is 14.8 Å². The van der Waals surface area contributed by atoms with Crippen molar-refractivity contribution in [2.24, 2.45) is 7.05 Å². The number of aromatic nitrogens is 2. The Morgan fingerprint density at radius 3 is 2.84 bits per heavy atom. The van der Waals surface area contributed by atoms with Gasteiger partial charge in [0.2, 0.25) is 0 Å². The molecule has 2 aromatic rings. The molecule has 0 aliphatic rings. The van der Waals surface area contributed by atoms with Crippen molar-refractivity contribution < 1.29 is 4.92 Å². The summed E-state index contributed by atoms with van der Waals surface area (Å²) in [6.07, 6.45) is 1.76. The van der Waals surface area contributed by atoms with Crippen molar-refractivity contribution in [1.29, 1.82) is 0 Å².